The van der Waals surface area contributed by atoms with Gasteiger partial charge in [0.15, 0.2) is 6.61 Å². The summed E-state index contributed by atoms with van der Waals surface area (Å²) in [5, 5.41) is 30.9. The predicted molar refractivity (Wildman–Crippen MR) is 143 cm³/mol. The molecule has 0 aliphatic carbocycles. The van der Waals surface area contributed by atoms with Crippen molar-refractivity contribution >= 4 is 40.8 Å². The smallest absolute Gasteiger partial charge is 0.480 e. The van der Waals surface area contributed by atoms with E-state index < -0.39 is 36.6 Å². The van der Waals surface area contributed by atoms with Crippen LogP contribution in [0.25, 0.3) is 0 Å². The van der Waals surface area contributed by atoms with Crippen LogP contribution in [0.3, 0.4) is 0 Å². The van der Waals surface area contributed by atoms with Crippen LogP contribution in [0.2, 0.25) is 10.0 Å². The number of halogens is 6. The molecule has 226 valence electrons. The first-order valence-corrected chi connectivity index (χ1v) is 13.3. The number of nitrogens with zero attached hydrogens (tertiary/aromatic N) is 2. The molecule has 0 unspecified atom stereocenters. The summed E-state index contributed by atoms with van der Waals surface area (Å²) < 4.78 is 51.2. The number of aliphatic hydroxyl groups is 1. The van der Waals surface area contributed by atoms with Gasteiger partial charge in [-0.25, -0.2) is 14.0 Å². The van der Waals surface area contributed by atoms with E-state index in [1.165, 1.54) is 17.7 Å². The summed E-state index contributed by atoms with van der Waals surface area (Å²) in [6.45, 7) is 2.92. The van der Waals surface area contributed by atoms with E-state index in [2.05, 4.69) is 10.2 Å². The van der Waals surface area contributed by atoms with Gasteiger partial charge in [-0.1, -0.05) is 35.3 Å². The Morgan fingerprint density at radius 2 is 1.66 bits per heavy atom. The van der Waals surface area contributed by atoms with Gasteiger partial charge in [-0.15, -0.1) is 0 Å². The summed E-state index contributed by atoms with van der Waals surface area (Å²) in [6, 6.07) is 10.5. The first-order valence-electron chi connectivity index (χ1n) is 12.5. The van der Waals surface area contributed by atoms with Gasteiger partial charge in [0.25, 0.3) is 0 Å². The Balaban J connectivity index is 0.000000587. The van der Waals surface area contributed by atoms with E-state index in [4.69, 9.17) is 42.9 Å². The highest BCUT2D eigenvalue weighted by Crippen LogP contribution is 2.35. The molecule has 0 saturated carbocycles. The number of likely N-dealkylation sites (tertiary alicyclic amines) is 1. The molecule has 15 heteroatoms. The summed E-state index contributed by atoms with van der Waals surface area (Å²) >= 11 is 11.8. The predicted octanol–water partition coefficient (Wildman–Crippen LogP) is 4.03. The number of anilines is 1. The molecule has 2 aromatic rings. The summed E-state index contributed by atoms with van der Waals surface area (Å²) in [5.74, 6) is -4.35. The zero-order valence-corrected chi connectivity index (χ0v) is 23.1. The minimum atomic E-state index is -5.08. The molecule has 2 heterocycles. The van der Waals surface area contributed by atoms with Crippen molar-refractivity contribution in [1.29, 1.82) is 0 Å². The zero-order chi connectivity index (χ0) is 30.3. The highest BCUT2D eigenvalue weighted by Gasteiger charge is 2.38. The fourth-order valence-corrected chi connectivity index (χ4v) is 4.86. The Morgan fingerprint density at radius 1 is 1.05 bits per heavy atom. The van der Waals surface area contributed by atoms with Crippen molar-refractivity contribution in [3.63, 3.8) is 0 Å². The van der Waals surface area contributed by atoms with Crippen LogP contribution in [0.5, 0.6) is 5.75 Å². The lowest BCUT2D eigenvalue weighted by Crippen LogP contribution is -2.49. The van der Waals surface area contributed by atoms with E-state index in [0.29, 0.717) is 12.2 Å². The quantitative estimate of drug-likeness (QED) is 0.322. The molecular weight excluding hydrogens is 597 g/mol. The van der Waals surface area contributed by atoms with Gasteiger partial charge in [0.2, 0.25) is 0 Å². The van der Waals surface area contributed by atoms with Crippen LogP contribution in [0, 0.1) is 5.82 Å². The molecule has 2 saturated heterocycles. The molecule has 2 aromatic carbocycles. The van der Waals surface area contributed by atoms with E-state index >= 15 is 0 Å². The zero-order valence-electron chi connectivity index (χ0n) is 21.6. The Morgan fingerprint density at radius 3 is 2.22 bits per heavy atom. The number of aliphatic carboxylic acids is 2. The summed E-state index contributed by atoms with van der Waals surface area (Å²) in [6.07, 6.45) is -3.82. The number of aliphatic hydroxyl groups excluding tert-OH is 1. The standard InChI is InChI=1S/C24H28Cl2FN3O4.C2HF3O2/c25-16-3-1-15(2-4-16)11-29-7-5-17(6-8-29)28-20-12-30(13-22(20)31)21-10-19(27)18(26)9-23(21)34-14-24(32)33;3-2(4,5)1(6)7/h1-4,9-10,17,20,22,28,31H,5-8,11-14H2,(H,32,33);(H,6,7)/t20-,22-;/m0./s1. The normalized spacial score (nSPS) is 19.9. The third-order valence-corrected chi connectivity index (χ3v) is 7.12. The number of benzene rings is 2. The molecule has 0 spiro atoms. The molecule has 2 aliphatic heterocycles. The third kappa shape index (κ3) is 9.89. The van der Waals surface area contributed by atoms with Gasteiger partial charge in [0.1, 0.15) is 11.6 Å². The Bertz CT molecular complexity index is 1200. The number of piperidine rings is 1. The van der Waals surface area contributed by atoms with Crippen molar-refractivity contribution in [2.24, 2.45) is 0 Å². The van der Waals surface area contributed by atoms with Crippen LogP contribution < -0.4 is 15.0 Å². The number of hydrogen-bond donors (Lipinski definition) is 4. The SMILES string of the molecule is O=C(O)C(F)(F)F.O=C(O)COc1cc(Cl)c(F)cc1N1C[C@H](NC2CCN(Cc3ccc(Cl)cc3)CC2)[C@@H](O)C1. The van der Waals surface area contributed by atoms with Crippen molar-refractivity contribution in [2.45, 2.75) is 43.8 Å². The van der Waals surface area contributed by atoms with Gasteiger partial charge in [-0.3, -0.25) is 4.90 Å². The number of β-amino-alcohol motifs (C(OH)–C–C–N with tert-alkyl or cyclic N) is 1. The van der Waals surface area contributed by atoms with Crippen LogP contribution in [-0.2, 0) is 16.1 Å². The average molecular weight is 626 g/mol. The number of alkyl halides is 3. The molecular formula is C26H29Cl2F4N3O6. The number of carbonyl (C=O) groups is 2. The molecule has 2 atom stereocenters. The number of ether oxygens (including phenoxy) is 1. The number of hydrogen-bond acceptors (Lipinski definition) is 7. The second-order valence-electron chi connectivity index (χ2n) is 9.64. The Labute approximate surface area is 243 Å². The highest BCUT2D eigenvalue weighted by molar-refractivity contribution is 6.31. The van der Waals surface area contributed by atoms with E-state index in [0.717, 1.165) is 37.5 Å². The fraction of sp³-hybridized carbons (Fsp3) is 0.462. The van der Waals surface area contributed by atoms with Crippen molar-refractivity contribution in [3.8, 4) is 5.75 Å². The third-order valence-electron chi connectivity index (χ3n) is 6.58. The van der Waals surface area contributed by atoms with Crippen molar-refractivity contribution in [3.05, 3.63) is 57.8 Å². The van der Waals surface area contributed by atoms with Crippen molar-refractivity contribution < 1.29 is 47.2 Å². The minimum absolute atomic E-state index is 0.149. The maximum Gasteiger partial charge on any atom is 0.490 e. The molecule has 4 N–H and O–H groups in total. The molecule has 41 heavy (non-hydrogen) atoms. The van der Waals surface area contributed by atoms with E-state index in [1.54, 1.807) is 4.90 Å². The van der Waals surface area contributed by atoms with Crippen molar-refractivity contribution in [2.75, 3.05) is 37.7 Å². The maximum absolute atomic E-state index is 14.2. The van der Waals surface area contributed by atoms with Crippen LogP contribution in [-0.4, -0.2) is 89.3 Å². The van der Waals surface area contributed by atoms with Crippen LogP contribution in [0.1, 0.15) is 18.4 Å². The van der Waals surface area contributed by atoms with E-state index in [9.17, 15) is 27.5 Å². The van der Waals surface area contributed by atoms with Crippen LogP contribution in [0.15, 0.2) is 36.4 Å². The largest absolute Gasteiger partial charge is 0.490 e. The van der Waals surface area contributed by atoms with Gasteiger partial charge >= 0.3 is 18.1 Å². The summed E-state index contributed by atoms with van der Waals surface area (Å²) in [4.78, 5) is 24.0. The van der Waals surface area contributed by atoms with Crippen LogP contribution >= 0.6 is 23.2 Å². The lowest BCUT2D eigenvalue weighted by molar-refractivity contribution is -0.192. The summed E-state index contributed by atoms with van der Waals surface area (Å²) in [7, 11) is 0. The van der Waals surface area contributed by atoms with Gasteiger partial charge < -0.3 is 30.3 Å². The van der Waals surface area contributed by atoms with Gasteiger partial charge in [-0.2, -0.15) is 13.2 Å². The second-order valence-corrected chi connectivity index (χ2v) is 10.5. The lowest BCUT2D eigenvalue weighted by atomic mass is 10.0. The second kappa shape index (κ2) is 14.4. The minimum Gasteiger partial charge on any atom is -0.480 e. The number of carboxylic acid groups (broad SMARTS) is 2. The van der Waals surface area contributed by atoms with E-state index in [1.807, 2.05) is 24.3 Å². The number of carboxylic acids is 2. The Kier molecular flexibility index (Phi) is 11.4. The first kappa shape index (κ1) is 32.7. The molecule has 0 amide bonds. The molecule has 4 rings (SSSR count). The first-order chi connectivity index (χ1) is 19.2. The Hall–Kier alpha value is -2.84. The molecule has 9 nitrogen and oxygen atoms in total. The van der Waals surface area contributed by atoms with Gasteiger partial charge in [0.05, 0.1) is 22.9 Å². The van der Waals surface area contributed by atoms with Gasteiger partial charge in [0, 0.05) is 42.8 Å². The fourth-order valence-electron chi connectivity index (χ4n) is 4.58. The van der Waals surface area contributed by atoms with Crippen LogP contribution in [0.4, 0.5) is 23.2 Å². The molecule has 0 bridgehead atoms. The average Bonchev–Trinajstić information content (AvgIpc) is 3.26. The van der Waals surface area contributed by atoms with Crippen molar-refractivity contribution in [1.82, 2.24) is 10.2 Å². The van der Waals surface area contributed by atoms with E-state index in [-0.39, 0.29) is 29.4 Å². The highest BCUT2D eigenvalue weighted by atomic mass is 35.5. The molecule has 2 aliphatic rings. The number of rotatable bonds is 8. The lowest BCUT2D eigenvalue weighted by Gasteiger charge is -2.34. The van der Waals surface area contributed by atoms with Gasteiger partial charge in [-0.05, 0) is 43.6 Å². The molecule has 0 aromatic heterocycles. The summed E-state index contributed by atoms with van der Waals surface area (Å²) in [5.41, 5.74) is 1.61. The maximum atomic E-state index is 14.2. The monoisotopic (exact) mass is 625 g/mol. The molecule has 0 radical (unpaired) electrons. The topological polar surface area (TPSA) is 123 Å². The number of nitrogens with one attached hydrogen (secondary N) is 1. The molecule has 2 fully saturated rings.